The number of rotatable bonds is 4. The van der Waals surface area contributed by atoms with Crippen LogP contribution in [0, 0.1) is 0 Å². The zero-order chi connectivity index (χ0) is 14.9. The van der Waals surface area contributed by atoms with Crippen LogP contribution in [0.5, 0.6) is 0 Å². The Kier molecular flexibility index (Phi) is 3.89. The third-order valence-corrected chi connectivity index (χ3v) is 4.89. The van der Waals surface area contributed by atoms with Gasteiger partial charge in [0, 0.05) is 23.4 Å². The van der Waals surface area contributed by atoms with Crippen LogP contribution in [0.25, 0.3) is 0 Å². The van der Waals surface area contributed by atoms with Crippen LogP contribution in [-0.2, 0) is 6.54 Å². The Morgan fingerprint density at radius 2 is 1.55 bits per heavy atom. The highest BCUT2D eigenvalue weighted by molar-refractivity contribution is 6.30. The first-order valence-corrected chi connectivity index (χ1v) is 8.46. The number of nitrogens with zero attached hydrogens (tertiary/aromatic N) is 3. The summed E-state index contributed by atoms with van der Waals surface area (Å²) in [6.07, 6.45) is 4.61. The highest BCUT2D eigenvalue weighted by Crippen LogP contribution is 2.40. The van der Waals surface area contributed by atoms with Gasteiger partial charge < -0.3 is 4.42 Å². The Morgan fingerprint density at radius 3 is 2.14 bits per heavy atom. The quantitative estimate of drug-likeness (QED) is 0.855. The smallest absolute Gasteiger partial charge is 0.219 e. The van der Waals surface area contributed by atoms with Gasteiger partial charge in [0.1, 0.15) is 0 Å². The Morgan fingerprint density at radius 1 is 0.955 bits per heavy atom. The summed E-state index contributed by atoms with van der Waals surface area (Å²) < 4.78 is 5.86. The monoisotopic (exact) mass is 317 g/mol. The van der Waals surface area contributed by atoms with Gasteiger partial charge >= 0.3 is 0 Å². The predicted octanol–water partition coefficient (Wildman–Crippen LogP) is 3.98. The maximum atomic E-state index is 5.93. The maximum absolute atomic E-state index is 5.93. The minimum absolute atomic E-state index is 0.432. The first-order valence-electron chi connectivity index (χ1n) is 8.08. The summed E-state index contributed by atoms with van der Waals surface area (Å²) in [4.78, 5) is 2.48. The SMILES string of the molecule is Clc1ccc(CN2CCC(c3nnc(C4CC4)o3)CC2)cc1. The Balaban J connectivity index is 1.32. The van der Waals surface area contributed by atoms with Crippen LogP contribution < -0.4 is 0 Å². The molecule has 0 atom stereocenters. The standard InChI is InChI=1S/C17H20ClN3O/c18-15-5-1-12(2-6-15)11-21-9-7-14(8-10-21)17-20-19-16(22-17)13-3-4-13/h1-2,5-6,13-14H,3-4,7-11H2. The second kappa shape index (κ2) is 6.01. The van der Waals surface area contributed by atoms with Gasteiger partial charge in [0.15, 0.2) is 0 Å². The number of likely N-dealkylation sites (tertiary alicyclic amines) is 1. The van der Waals surface area contributed by atoms with E-state index in [-0.39, 0.29) is 0 Å². The third-order valence-electron chi connectivity index (χ3n) is 4.64. The van der Waals surface area contributed by atoms with E-state index >= 15 is 0 Å². The summed E-state index contributed by atoms with van der Waals surface area (Å²) in [5.74, 6) is 2.69. The number of hydrogen-bond donors (Lipinski definition) is 0. The van der Waals surface area contributed by atoms with E-state index < -0.39 is 0 Å². The van der Waals surface area contributed by atoms with E-state index in [2.05, 4.69) is 27.2 Å². The van der Waals surface area contributed by atoms with Crippen LogP contribution in [-0.4, -0.2) is 28.2 Å². The molecule has 4 nitrogen and oxygen atoms in total. The van der Waals surface area contributed by atoms with Crippen molar-refractivity contribution in [3.8, 4) is 0 Å². The summed E-state index contributed by atoms with van der Waals surface area (Å²) in [6, 6.07) is 8.13. The van der Waals surface area contributed by atoms with Crippen molar-refractivity contribution in [3.63, 3.8) is 0 Å². The second-order valence-corrected chi connectivity index (χ2v) is 6.87. The fourth-order valence-electron chi connectivity index (χ4n) is 3.09. The van der Waals surface area contributed by atoms with Gasteiger partial charge in [0.25, 0.3) is 0 Å². The summed E-state index contributed by atoms with van der Waals surface area (Å²) in [7, 11) is 0. The van der Waals surface area contributed by atoms with Gasteiger partial charge in [-0.25, -0.2) is 0 Å². The number of piperidine rings is 1. The van der Waals surface area contributed by atoms with Crippen molar-refractivity contribution in [1.82, 2.24) is 15.1 Å². The molecule has 1 saturated heterocycles. The van der Waals surface area contributed by atoms with Crippen LogP contribution in [0.4, 0.5) is 0 Å². The molecule has 5 heteroatoms. The fraction of sp³-hybridized carbons (Fsp3) is 0.529. The summed E-state index contributed by atoms with van der Waals surface area (Å²) >= 11 is 5.93. The largest absolute Gasteiger partial charge is 0.425 e. The van der Waals surface area contributed by atoms with E-state index in [9.17, 15) is 0 Å². The molecule has 2 aromatic rings. The van der Waals surface area contributed by atoms with Crippen molar-refractivity contribution in [3.05, 3.63) is 46.6 Å². The van der Waals surface area contributed by atoms with Gasteiger partial charge in [-0.3, -0.25) is 4.90 Å². The van der Waals surface area contributed by atoms with Gasteiger partial charge in [-0.15, -0.1) is 10.2 Å². The van der Waals surface area contributed by atoms with Crippen molar-refractivity contribution < 1.29 is 4.42 Å². The van der Waals surface area contributed by atoms with Crippen LogP contribution in [0.3, 0.4) is 0 Å². The Hall–Kier alpha value is -1.39. The summed E-state index contributed by atoms with van der Waals surface area (Å²) in [5.41, 5.74) is 1.32. The van der Waals surface area contributed by atoms with E-state index in [1.165, 1.54) is 18.4 Å². The lowest BCUT2D eigenvalue weighted by Crippen LogP contribution is -2.32. The van der Waals surface area contributed by atoms with Gasteiger partial charge in [-0.2, -0.15) is 0 Å². The topological polar surface area (TPSA) is 42.2 Å². The van der Waals surface area contributed by atoms with Gasteiger partial charge in [-0.05, 0) is 56.5 Å². The van der Waals surface area contributed by atoms with E-state index in [1.54, 1.807) is 0 Å². The van der Waals surface area contributed by atoms with E-state index in [4.69, 9.17) is 16.0 Å². The summed E-state index contributed by atoms with van der Waals surface area (Å²) in [6.45, 7) is 3.14. The number of benzene rings is 1. The van der Waals surface area contributed by atoms with Crippen LogP contribution in [0.15, 0.2) is 28.7 Å². The molecule has 1 aromatic heterocycles. The van der Waals surface area contributed by atoms with Crippen molar-refractivity contribution in [2.75, 3.05) is 13.1 Å². The molecular formula is C17H20ClN3O. The highest BCUT2D eigenvalue weighted by Gasteiger charge is 2.31. The van der Waals surface area contributed by atoms with Gasteiger partial charge in [0.05, 0.1) is 0 Å². The van der Waals surface area contributed by atoms with Crippen molar-refractivity contribution in [2.24, 2.45) is 0 Å². The molecule has 0 N–H and O–H groups in total. The molecule has 4 rings (SSSR count). The zero-order valence-electron chi connectivity index (χ0n) is 12.5. The van der Waals surface area contributed by atoms with Gasteiger partial charge in [0.2, 0.25) is 11.8 Å². The molecule has 2 heterocycles. The van der Waals surface area contributed by atoms with E-state index in [0.717, 1.165) is 49.3 Å². The van der Waals surface area contributed by atoms with Crippen LogP contribution >= 0.6 is 11.6 Å². The molecule has 22 heavy (non-hydrogen) atoms. The van der Waals surface area contributed by atoms with Crippen LogP contribution in [0.2, 0.25) is 5.02 Å². The van der Waals surface area contributed by atoms with E-state index in [1.807, 2.05) is 12.1 Å². The molecule has 1 saturated carbocycles. The normalized spacial score (nSPS) is 20.4. The molecule has 0 amide bonds. The molecule has 0 radical (unpaired) electrons. The molecule has 0 spiro atoms. The minimum Gasteiger partial charge on any atom is -0.425 e. The number of halogens is 1. The first-order chi connectivity index (χ1) is 10.8. The average molecular weight is 318 g/mol. The molecule has 1 aliphatic heterocycles. The Labute approximate surface area is 135 Å². The lowest BCUT2D eigenvalue weighted by Gasteiger charge is -2.30. The third kappa shape index (κ3) is 3.18. The summed E-state index contributed by atoms with van der Waals surface area (Å²) in [5, 5.41) is 9.27. The average Bonchev–Trinajstić information content (AvgIpc) is 3.28. The molecule has 2 fully saturated rings. The minimum atomic E-state index is 0.432. The zero-order valence-corrected chi connectivity index (χ0v) is 13.3. The highest BCUT2D eigenvalue weighted by atomic mass is 35.5. The molecule has 1 aromatic carbocycles. The number of aromatic nitrogens is 2. The molecular weight excluding hydrogens is 298 g/mol. The van der Waals surface area contributed by atoms with Crippen molar-refractivity contribution >= 4 is 11.6 Å². The van der Waals surface area contributed by atoms with Crippen LogP contribution in [0.1, 0.15) is 54.9 Å². The molecule has 116 valence electrons. The van der Waals surface area contributed by atoms with Crippen molar-refractivity contribution in [2.45, 2.75) is 44.1 Å². The predicted molar refractivity (Wildman–Crippen MR) is 85.0 cm³/mol. The van der Waals surface area contributed by atoms with Gasteiger partial charge in [-0.1, -0.05) is 23.7 Å². The molecule has 0 unspecified atom stereocenters. The fourth-order valence-corrected chi connectivity index (χ4v) is 3.22. The second-order valence-electron chi connectivity index (χ2n) is 6.43. The first kappa shape index (κ1) is 14.2. The number of hydrogen-bond acceptors (Lipinski definition) is 4. The molecule has 0 bridgehead atoms. The maximum Gasteiger partial charge on any atom is 0.219 e. The van der Waals surface area contributed by atoms with E-state index in [0.29, 0.717) is 11.8 Å². The van der Waals surface area contributed by atoms with Crippen molar-refractivity contribution in [1.29, 1.82) is 0 Å². The lowest BCUT2D eigenvalue weighted by molar-refractivity contribution is 0.192. The lowest BCUT2D eigenvalue weighted by atomic mass is 9.96. The Bertz CT molecular complexity index is 628. The molecule has 2 aliphatic rings. The molecule has 1 aliphatic carbocycles.